The minimum Gasteiger partial charge on any atom is -0.459 e. The maximum absolute atomic E-state index is 12.0. The van der Waals surface area contributed by atoms with E-state index in [0.717, 1.165) is 26.1 Å². The van der Waals surface area contributed by atoms with Crippen LogP contribution in [0.1, 0.15) is 23.9 Å². The van der Waals surface area contributed by atoms with E-state index >= 15 is 0 Å². The van der Waals surface area contributed by atoms with E-state index in [1.807, 2.05) is 19.0 Å². The SMILES string of the molecule is CCCN(CCN(C)C)C(=O)c1ccco1. The summed E-state index contributed by atoms with van der Waals surface area (Å²) in [7, 11) is 4.00. The quantitative estimate of drug-likeness (QED) is 0.738. The van der Waals surface area contributed by atoms with E-state index < -0.39 is 0 Å². The van der Waals surface area contributed by atoms with Crippen LogP contribution in [0, 0.1) is 0 Å². The van der Waals surface area contributed by atoms with Gasteiger partial charge in [0.05, 0.1) is 6.26 Å². The Kier molecular flexibility index (Phi) is 5.05. The van der Waals surface area contributed by atoms with Crippen LogP contribution in [0.4, 0.5) is 0 Å². The van der Waals surface area contributed by atoms with Crippen LogP contribution in [-0.4, -0.2) is 49.4 Å². The highest BCUT2D eigenvalue weighted by Gasteiger charge is 2.16. The van der Waals surface area contributed by atoms with E-state index in [1.165, 1.54) is 6.26 Å². The summed E-state index contributed by atoms with van der Waals surface area (Å²) in [5.74, 6) is 0.404. The predicted octanol–water partition coefficient (Wildman–Crippen LogP) is 1.69. The molecular weight excluding hydrogens is 204 g/mol. The third-order valence-electron chi connectivity index (χ3n) is 2.33. The van der Waals surface area contributed by atoms with Crippen molar-refractivity contribution in [2.24, 2.45) is 0 Å². The fourth-order valence-electron chi connectivity index (χ4n) is 1.46. The molecule has 0 aliphatic rings. The number of likely N-dealkylation sites (N-methyl/N-ethyl adjacent to an activating group) is 1. The third kappa shape index (κ3) is 3.70. The Morgan fingerprint density at radius 2 is 2.06 bits per heavy atom. The molecule has 0 bridgehead atoms. The number of carbonyl (C=O) groups excluding carboxylic acids is 1. The van der Waals surface area contributed by atoms with Gasteiger partial charge in [-0.15, -0.1) is 0 Å². The Balaban J connectivity index is 2.58. The zero-order valence-electron chi connectivity index (χ0n) is 10.3. The Morgan fingerprint density at radius 3 is 2.56 bits per heavy atom. The molecule has 0 aliphatic heterocycles. The van der Waals surface area contributed by atoms with Gasteiger partial charge in [0.25, 0.3) is 5.91 Å². The van der Waals surface area contributed by atoms with E-state index in [2.05, 4.69) is 11.8 Å². The number of hydrogen-bond donors (Lipinski definition) is 0. The molecule has 1 heterocycles. The summed E-state index contributed by atoms with van der Waals surface area (Å²) in [5, 5.41) is 0. The van der Waals surface area contributed by atoms with Gasteiger partial charge in [-0.25, -0.2) is 0 Å². The van der Waals surface area contributed by atoms with Crippen molar-refractivity contribution in [3.63, 3.8) is 0 Å². The second-order valence-corrected chi connectivity index (χ2v) is 4.07. The molecule has 0 saturated heterocycles. The first kappa shape index (κ1) is 12.8. The zero-order valence-corrected chi connectivity index (χ0v) is 10.3. The van der Waals surface area contributed by atoms with E-state index in [-0.39, 0.29) is 5.91 Å². The smallest absolute Gasteiger partial charge is 0.289 e. The summed E-state index contributed by atoms with van der Waals surface area (Å²) in [6.45, 7) is 4.44. The Hall–Kier alpha value is -1.29. The van der Waals surface area contributed by atoms with E-state index in [9.17, 15) is 4.79 Å². The van der Waals surface area contributed by atoms with Gasteiger partial charge in [-0.1, -0.05) is 6.92 Å². The highest BCUT2D eigenvalue weighted by atomic mass is 16.3. The van der Waals surface area contributed by atoms with Gasteiger partial charge < -0.3 is 14.2 Å². The molecular formula is C12H20N2O2. The number of amides is 1. The standard InChI is InChI=1S/C12H20N2O2/c1-4-7-14(9-8-13(2)3)12(15)11-6-5-10-16-11/h5-6,10H,4,7-9H2,1-3H3. The molecule has 1 aromatic heterocycles. The van der Waals surface area contributed by atoms with Gasteiger partial charge >= 0.3 is 0 Å². The van der Waals surface area contributed by atoms with Crippen LogP contribution in [0.3, 0.4) is 0 Å². The lowest BCUT2D eigenvalue weighted by Gasteiger charge is -2.22. The summed E-state index contributed by atoms with van der Waals surface area (Å²) in [4.78, 5) is 15.9. The molecule has 0 fully saturated rings. The first-order chi connectivity index (χ1) is 7.65. The molecule has 0 atom stereocenters. The molecule has 0 aromatic carbocycles. The number of nitrogens with zero attached hydrogens (tertiary/aromatic N) is 2. The number of rotatable bonds is 6. The average Bonchev–Trinajstić information content (AvgIpc) is 2.76. The minimum atomic E-state index is -0.0197. The molecule has 0 radical (unpaired) electrons. The largest absolute Gasteiger partial charge is 0.459 e. The molecule has 1 aromatic rings. The van der Waals surface area contributed by atoms with Gasteiger partial charge in [-0.3, -0.25) is 4.79 Å². The molecule has 16 heavy (non-hydrogen) atoms. The van der Waals surface area contributed by atoms with Gasteiger partial charge in [0.2, 0.25) is 0 Å². The van der Waals surface area contributed by atoms with Gasteiger partial charge in [0, 0.05) is 19.6 Å². The van der Waals surface area contributed by atoms with Crippen molar-refractivity contribution in [2.45, 2.75) is 13.3 Å². The van der Waals surface area contributed by atoms with E-state index in [4.69, 9.17) is 4.42 Å². The summed E-state index contributed by atoms with van der Waals surface area (Å²) in [6, 6.07) is 3.45. The summed E-state index contributed by atoms with van der Waals surface area (Å²) >= 11 is 0. The van der Waals surface area contributed by atoms with Crippen molar-refractivity contribution < 1.29 is 9.21 Å². The maximum Gasteiger partial charge on any atom is 0.289 e. The molecule has 1 amide bonds. The molecule has 0 aliphatic carbocycles. The van der Waals surface area contributed by atoms with Crippen molar-refractivity contribution in [1.29, 1.82) is 0 Å². The Bertz CT molecular complexity index is 307. The second kappa shape index (κ2) is 6.33. The molecule has 0 saturated carbocycles. The number of hydrogen-bond acceptors (Lipinski definition) is 3. The number of carbonyl (C=O) groups is 1. The lowest BCUT2D eigenvalue weighted by molar-refractivity contribution is 0.0713. The molecule has 4 heteroatoms. The third-order valence-corrected chi connectivity index (χ3v) is 2.33. The van der Waals surface area contributed by atoms with Crippen molar-refractivity contribution in [3.8, 4) is 0 Å². The van der Waals surface area contributed by atoms with Gasteiger partial charge in [0.1, 0.15) is 0 Å². The van der Waals surface area contributed by atoms with E-state index in [1.54, 1.807) is 12.1 Å². The molecule has 0 spiro atoms. The van der Waals surface area contributed by atoms with Gasteiger partial charge in [0.15, 0.2) is 5.76 Å². The zero-order chi connectivity index (χ0) is 12.0. The van der Waals surface area contributed by atoms with E-state index in [0.29, 0.717) is 5.76 Å². The van der Waals surface area contributed by atoms with Crippen LogP contribution in [0.15, 0.2) is 22.8 Å². The first-order valence-corrected chi connectivity index (χ1v) is 5.62. The average molecular weight is 224 g/mol. The fourth-order valence-corrected chi connectivity index (χ4v) is 1.46. The Morgan fingerprint density at radius 1 is 1.31 bits per heavy atom. The van der Waals surface area contributed by atoms with Gasteiger partial charge in [-0.2, -0.15) is 0 Å². The van der Waals surface area contributed by atoms with Crippen LogP contribution < -0.4 is 0 Å². The minimum absolute atomic E-state index is 0.0197. The lowest BCUT2D eigenvalue weighted by Crippen LogP contribution is -2.37. The molecule has 1 rings (SSSR count). The summed E-state index contributed by atoms with van der Waals surface area (Å²) in [6.07, 6.45) is 2.49. The monoisotopic (exact) mass is 224 g/mol. The predicted molar refractivity (Wildman–Crippen MR) is 63.5 cm³/mol. The molecule has 4 nitrogen and oxygen atoms in total. The normalized spacial score (nSPS) is 10.8. The van der Waals surface area contributed by atoms with Crippen molar-refractivity contribution in [3.05, 3.63) is 24.2 Å². The first-order valence-electron chi connectivity index (χ1n) is 5.62. The topological polar surface area (TPSA) is 36.7 Å². The number of furan rings is 1. The summed E-state index contributed by atoms with van der Waals surface area (Å²) in [5.41, 5.74) is 0. The van der Waals surface area contributed by atoms with Crippen molar-refractivity contribution in [1.82, 2.24) is 9.80 Å². The van der Waals surface area contributed by atoms with Gasteiger partial charge in [-0.05, 0) is 32.6 Å². The highest BCUT2D eigenvalue weighted by molar-refractivity contribution is 5.91. The maximum atomic E-state index is 12.0. The van der Waals surface area contributed by atoms with Crippen molar-refractivity contribution in [2.75, 3.05) is 33.7 Å². The van der Waals surface area contributed by atoms with Crippen LogP contribution in [0.5, 0.6) is 0 Å². The van der Waals surface area contributed by atoms with Crippen LogP contribution in [0.2, 0.25) is 0 Å². The summed E-state index contributed by atoms with van der Waals surface area (Å²) < 4.78 is 5.12. The van der Waals surface area contributed by atoms with Crippen molar-refractivity contribution >= 4 is 5.91 Å². The van der Waals surface area contributed by atoms with Crippen LogP contribution >= 0.6 is 0 Å². The molecule has 0 N–H and O–H groups in total. The van der Waals surface area contributed by atoms with Crippen LogP contribution in [0.25, 0.3) is 0 Å². The Labute approximate surface area is 96.8 Å². The highest BCUT2D eigenvalue weighted by Crippen LogP contribution is 2.06. The molecule has 90 valence electrons. The molecule has 0 unspecified atom stereocenters. The second-order valence-electron chi connectivity index (χ2n) is 4.07. The lowest BCUT2D eigenvalue weighted by atomic mass is 10.3. The fraction of sp³-hybridized carbons (Fsp3) is 0.583. The van der Waals surface area contributed by atoms with Crippen LogP contribution in [-0.2, 0) is 0 Å².